The average Bonchev–Trinajstić information content (AvgIpc) is 2.12. The Bertz CT molecular complexity index is 305. The van der Waals surface area contributed by atoms with Gasteiger partial charge in [-0.25, -0.2) is 0 Å². The van der Waals surface area contributed by atoms with Crippen molar-refractivity contribution in [2.24, 2.45) is 10.8 Å². The van der Waals surface area contributed by atoms with E-state index in [2.05, 4.69) is 73.3 Å². The molecule has 0 unspecified atom stereocenters. The molecule has 0 aliphatic carbocycles. The number of thioether (sulfide) groups is 1. The van der Waals surface area contributed by atoms with Crippen molar-refractivity contribution < 1.29 is 0 Å². The smallest absolute Gasteiger partial charge is 0.00254 e. The summed E-state index contributed by atoms with van der Waals surface area (Å²) < 4.78 is 0. The quantitative estimate of drug-likeness (QED) is 0.567. The van der Waals surface area contributed by atoms with Gasteiger partial charge in [-0.2, -0.15) is 0 Å². The van der Waals surface area contributed by atoms with Crippen LogP contribution < -0.4 is 0 Å². The molecule has 0 aromatic carbocycles. The second-order valence-corrected chi connectivity index (χ2v) is 7.98. The van der Waals surface area contributed by atoms with Crippen LogP contribution in [0.2, 0.25) is 0 Å². The number of hydrogen-bond acceptors (Lipinski definition) is 1. The van der Waals surface area contributed by atoms with E-state index in [4.69, 9.17) is 0 Å². The lowest BCUT2D eigenvalue weighted by atomic mass is 9.87. The standard InChI is InChI=1S/C16H28S/c1-13(16(6,7)8)10-9-11-14(2)17-12-15(3,4)5/h9-11H,1,12H2,2-8H3/b10-9-,14-11+. The lowest BCUT2D eigenvalue weighted by molar-refractivity contribution is 0.481. The summed E-state index contributed by atoms with van der Waals surface area (Å²) >= 11 is 1.92. The Hall–Kier alpha value is -0.430. The van der Waals surface area contributed by atoms with Crippen molar-refractivity contribution in [2.75, 3.05) is 5.75 Å². The molecule has 0 atom stereocenters. The van der Waals surface area contributed by atoms with Crippen molar-refractivity contribution in [2.45, 2.75) is 48.5 Å². The first-order chi connectivity index (χ1) is 7.52. The molecule has 0 aromatic heterocycles. The highest BCUT2D eigenvalue weighted by atomic mass is 32.2. The lowest BCUT2D eigenvalue weighted by Gasteiger charge is -2.18. The molecule has 0 fully saturated rings. The molecule has 17 heavy (non-hydrogen) atoms. The van der Waals surface area contributed by atoms with E-state index in [1.165, 1.54) is 10.5 Å². The van der Waals surface area contributed by atoms with E-state index in [9.17, 15) is 0 Å². The molecule has 0 nitrogen and oxygen atoms in total. The van der Waals surface area contributed by atoms with Gasteiger partial charge in [-0.1, -0.05) is 66.3 Å². The van der Waals surface area contributed by atoms with Crippen LogP contribution in [0.3, 0.4) is 0 Å². The number of hydrogen-bond donors (Lipinski definition) is 0. The minimum absolute atomic E-state index is 0.163. The highest BCUT2D eigenvalue weighted by Gasteiger charge is 2.11. The molecule has 0 saturated carbocycles. The topological polar surface area (TPSA) is 0 Å². The molecule has 1 heteroatoms. The highest BCUT2D eigenvalue weighted by Crippen LogP contribution is 2.27. The van der Waals surface area contributed by atoms with Gasteiger partial charge in [0.25, 0.3) is 0 Å². The fourth-order valence-corrected chi connectivity index (χ4v) is 1.76. The molecular formula is C16H28S. The van der Waals surface area contributed by atoms with Crippen LogP contribution in [-0.2, 0) is 0 Å². The minimum atomic E-state index is 0.163. The maximum Gasteiger partial charge on any atom is 0.00254 e. The summed E-state index contributed by atoms with van der Waals surface area (Å²) in [4.78, 5) is 1.36. The van der Waals surface area contributed by atoms with Crippen LogP contribution in [0, 0.1) is 10.8 Å². The van der Waals surface area contributed by atoms with Crippen LogP contribution in [0.1, 0.15) is 48.5 Å². The fourth-order valence-electron chi connectivity index (χ4n) is 0.928. The zero-order valence-electron chi connectivity index (χ0n) is 12.6. The molecule has 0 heterocycles. The Labute approximate surface area is 112 Å². The fraction of sp³-hybridized carbons (Fsp3) is 0.625. The Morgan fingerprint density at radius 1 is 1.12 bits per heavy atom. The summed E-state index contributed by atoms with van der Waals surface area (Å²) in [7, 11) is 0. The second-order valence-electron chi connectivity index (χ2n) is 6.76. The van der Waals surface area contributed by atoms with E-state index >= 15 is 0 Å². The molecule has 0 spiro atoms. The van der Waals surface area contributed by atoms with Gasteiger partial charge in [0.15, 0.2) is 0 Å². The summed E-state index contributed by atoms with van der Waals surface area (Å²) in [5.74, 6) is 1.16. The first-order valence-electron chi connectivity index (χ1n) is 6.19. The molecule has 98 valence electrons. The Morgan fingerprint density at radius 2 is 1.65 bits per heavy atom. The maximum atomic E-state index is 4.09. The van der Waals surface area contributed by atoms with Crippen molar-refractivity contribution in [1.82, 2.24) is 0 Å². The van der Waals surface area contributed by atoms with Crippen LogP contribution in [0.25, 0.3) is 0 Å². The summed E-state index contributed by atoms with van der Waals surface area (Å²) in [6.45, 7) is 19.6. The van der Waals surface area contributed by atoms with E-state index in [-0.39, 0.29) is 5.41 Å². The Balaban J connectivity index is 4.25. The third-order valence-electron chi connectivity index (χ3n) is 2.32. The average molecular weight is 252 g/mol. The van der Waals surface area contributed by atoms with Gasteiger partial charge in [-0.15, -0.1) is 11.8 Å². The zero-order chi connectivity index (χ0) is 13.7. The zero-order valence-corrected chi connectivity index (χ0v) is 13.4. The van der Waals surface area contributed by atoms with Gasteiger partial charge in [0.1, 0.15) is 0 Å². The van der Waals surface area contributed by atoms with Crippen LogP contribution in [-0.4, -0.2) is 5.75 Å². The summed E-state index contributed by atoms with van der Waals surface area (Å²) in [5.41, 5.74) is 1.72. The third-order valence-corrected chi connectivity index (χ3v) is 3.93. The van der Waals surface area contributed by atoms with Crippen LogP contribution in [0.15, 0.2) is 35.3 Å². The van der Waals surface area contributed by atoms with Crippen molar-refractivity contribution in [3.05, 3.63) is 35.3 Å². The number of rotatable bonds is 4. The predicted molar refractivity (Wildman–Crippen MR) is 83.4 cm³/mol. The van der Waals surface area contributed by atoms with Gasteiger partial charge in [0.05, 0.1) is 0 Å². The van der Waals surface area contributed by atoms with Crippen LogP contribution in [0.4, 0.5) is 0 Å². The number of allylic oxidation sites excluding steroid dienone is 5. The summed E-state index contributed by atoms with van der Waals surface area (Å²) in [5, 5.41) is 0. The molecule has 0 radical (unpaired) electrons. The lowest BCUT2D eigenvalue weighted by Crippen LogP contribution is -2.07. The maximum absolute atomic E-state index is 4.09. The highest BCUT2D eigenvalue weighted by molar-refractivity contribution is 8.03. The second kappa shape index (κ2) is 6.49. The van der Waals surface area contributed by atoms with E-state index in [0.29, 0.717) is 5.41 Å². The Morgan fingerprint density at radius 3 is 2.06 bits per heavy atom. The molecule has 0 rings (SSSR count). The summed E-state index contributed by atoms with van der Waals surface area (Å²) in [6.07, 6.45) is 6.40. The van der Waals surface area contributed by atoms with Crippen LogP contribution in [0.5, 0.6) is 0 Å². The van der Waals surface area contributed by atoms with Crippen molar-refractivity contribution >= 4 is 11.8 Å². The predicted octanol–water partition coefficient (Wildman–Crippen LogP) is 5.83. The molecule has 0 aliphatic heterocycles. The molecule has 0 N–H and O–H groups in total. The summed E-state index contributed by atoms with van der Waals surface area (Å²) in [6, 6.07) is 0. The largest absolute Gasteiger partial charge is 0.130 e. The van der Waals surface area contributed by atoms with Gasteiger partial charge < -0.3 is 0 Å². The first-order valence-corrected chi connectivity index (χ1v) is 7.18. The van der Waals surface area contributed by atoms with Gasteiger partial charge in [-0.3, -0.25) is 0 Å². The van der Waals surface area contributed by atoms with Gasteiger partial charge in [-0.05, 0) is 28.2 Å². The van der Waals surface area contributed by atoms with E-state index in [0.717, 1.165) is 5.75 Å². The third kappa shape index (κ3) is 9.29. The molecule has 0 aliphatic rings. The first kappa shape index (κ1) is 16.6. The molecular weight excluding hydrogens is 224 g/mol. The van der Waals surface area contributed by atoms with E-state index in [1.54, 1.807) is 0 Å². The van der Waals surface area contributed by atoms with Gasteiger partial charge >= 0.3 is 0 Å². The normalized spacial score (nSPS) is 14.4. The van der Waals surface area contributed by atoms with Gasteiger partial charge in [0.2, 0.25) is 0 Å². The minimum Gasteiger partial charge on any atom is -0.130 e. The van der Waals surface area contributed by atoms with E-state index < -0.39 is 0 Å². The van der Waals surface area contributed by atoms with Crippen LogP contribution >= 0.6 is 11.8 Å². The van der Waals surface area contributed by atoms with Crippen molar-refractivity contribution in [3.63, 3.8) is 0 Å². The SMILES string of the molecule is C=C(/C=C\C=C(/C)SCC(C)(C)C)C(C)(C)C. The molecule has 0 amide bonds. The molecule has 0 bridgehead atoms. The molecule has 0 aromatic rings. The van der Waals surface area contributed by atoms with E-state index in [1.807, 2.05) is 11.8 Å². The van der Waals surface area contributed by atoms with Crippen molar-refractivity contribution in [3.8, 4) is 0 Å². The van der Waals surface area contributed by atoms with Gasteiger partial charge in [0, 0.05) is 5.75 Å². The monoisotopic (exact) mass is 252 g/mol. The Kier molecular flexibility index (Phi) is 6.32. The van der Waals surface area contributed by atoms with Crippen molar-refractivity contribution in [1.29, 1.82) is 0 Å². The molecule has 0 saturated heterocycles.